The minimum absolute atomic E-state index is 0.119. The van der Waals surface area contributed by atoms with E-state index in [0.29, 0.717) is 5.69 Å². The summed E-state index contributed by atoms with van der Waals surface area (Å²) in [5, 5.41) is 5.79. The van der Waals surface area contributed by atoms with Crippen molar-refractivity contribution in [3.05, 3.63) is 29.6 Å². The normalized spacial score (nSPS) is 13.8. The Morgan fingerprint density at radius 1 is 1.39 bits per heavy atom. The molecule has 100 valence electrons. The summed E-state index contributed by atoms with van der Waals surface area (Å²) < 4.78 is 13.6. The lowest BCUT2D eigenvalue weighted by Crippen LogP contribution is -2.42. The zero-order chi connectivity index (χ0) is 13.7. The molecule has 2 N–H and O–H groups in total. The van der Waals surface area contributed by atoms with Crippen molar-refractivity contribution in [3.63, 3.8) is 0 Å². The van der Waals surface area contributed by atoms with Crippen molar-refractivity contribution >= 4 is 11.6 Å². The number of aryl methyl sites for hydroxylation is 1. The Hall–Kier alpha value is -1.58. The molecule has 3 nitrogen and oxygen atoms in total. The summed E-state index contributed by atoms with van der Waals surface area (Å²) in [5.41, 5.74) is 1.18. The zero-order valence-corrected chi connectivity index (χ0v) is 11.4. The molecule has 0 aliphatic rings. The third-order valence-electron chi connectivity index (χ3n) is 2.98. The molecule has 0 aliphatic heterocycles. The molecule has 0 bridgehead atoms. The first-order valence-corrected chi connectivity index (χ1v) is 6.27. The number of nitrogens with one attached hydrogen (secondary N) is 2. The standard InChI is InChI=1S/C14H21FN2O/c1-5-10(3)16-14(18)11(4)17-13-9(2)7-6-8-12(13)15/h6-8,10-11,17H,5H2,1-4H3,(H,16,18). The molecule has 1 aromatic rings. The number of carbonyl (C=O) groups excluding carboxylic acids is 1. The number of benzene rings is 1. The number of rotatable bonds is 5. The van der Waals surface area contributed by atoms with Gasteiger partial charge in [0, 0.05) is 6.04 Å². The molecule has 2 atom stereocenters. The van der Waals surface area contributed by atoms with E-state index in [1.165, 1.54) is 6.07 Å². The second-order valence-corrected chi connectivity index (χ2v) is 4.62. The van der Waals surface area contributed by atoms with Crippen molar-refractivity contribution in [2.45, 2.75) is 46.2 Å². The lowest BCUT2D eigenvalue weighted by molar-refractivity contribution is -0.122. The van der Waals surface area contributed by atoms with E-state index < -0.39 is 6.04 Å². The minimum atomic E-state index is -0.463. The van der Waals surface area contributed by atoms with E-state index >= 15 is 0 Å². The van der Waals surface area contributed by atoms with Crippen molar-refractivity contribution in [1.29, 1.82) is 0 Å². The summed E-state index contributed by atoms with van der Waals surface area (Å²) in [6, 6.07) is 4.51. The van der Waals surface area contributed by atoms with Gasteiger partial charge in [-0.2, -0.15) is 0 Å². The highest BCUT2D eigenvalue weighted by atomic mass is 19.1. The van der Waals surface area contributed by atoms with Gasteiger partial charge in [0.2, 0.25) is 5.91 Å². The van der Waals surface area contributed by atoms with Gasteiger partial charge in [0.15, 0.2) is 0 Å². The van der Waals surface area contributed by atoms with Crippen LogP contribution in [0.3, 0.4) is 0 Å². The maximum absolute atomic E-state index is 13.6. The van der Waals surface area contributed by atoms with Gasteiger partial charge in [0.05, 0.1) is 5.69 Å². The van der Waals surface area contributed by atoms with Gasteiger partial charge < -0.3 is 10.6 Å². The van der Waals surface area contributed by atoms with E-state index in [1.54, 1.807) is 13.0 Å². The Morgan fingerprint density at radius 2 is 2.06 bits per heavy atom. The maximum atomic E-state index is 13.6. The van der Waals surface area contributed by atoms with Crippen LogP contribution < -0.4 is 10.6 Å². The maximum Gasteiger partial charge on any atom is 0.242 e. The van der Waals surface area contributed by atoms with Crippen LogP contribution in [0, 0.1) is 12.7 Å². The van der Waals surface area contributed by atoms with Gasteiger partial charge >= 0.3 is 0 Å². The first-order valence-electron chi connectivity index (χ1n) is 6.27. The molecule has 0 saturated carbocycles. The third-order valence-corrected chi connectivity index (χ3v) is 2.98. The topological polar surface area (TPSA) is 41.1 Å². The van der Waals surface area contributed by atoms with E-state index in [1.807, 2.05) is 26.8 Å². The molecule has 2 unspecified atom stereocenters. The molecular weight excluding hydrogens is 231 g/mol. The first-order chi connectivity index (χ1) is 8.45. The molecule has 1 amide bonds. The van der Waals surface area contributed by atoms with E-state index in [2.05, 4.69) is 10.6 Å². The number of carbonyl (C=O) groups is 1. The van der Waals surface area contributed by atoms with Crippen LogP contribution in [0.4, 0.5) is 10.1 Å². The minimum Gasteiger partial charge on any atom is -0.371 e. The van der Waals surface area contributed by atoms with Crippen molar-refractivity contribution < 1.29 is 9.18 Å². The number of para-hydroxylation sites is 1. The molecule has 4 heteroatoms. The van der Waals surface area contributed by atoms with Crippen LogP contribution in [0.15, 0.2) is 18.2 Å². The van der Waals surface area contributed by atoms with Crippen molar-refractivity contribution in [1.82, 2.24) is 5.32 Å². The lowest BCUT2D eigenvalue weighted by atomic mass is 10.1. The van der Waals surface area contributed by atoms with E-state index in [0.717, 1.165) is 12.0 Å². The van der Waals surface area contributed by atoms with Gasteiger partial charge in [-0.25, -0.2) is 4.39 Å². The number of halogens is 1. The highest BCUT2D eigenvalue weighted by Gasteiger charge is 2.16. The van der Waals surface area contributed by atoms with Gasteiger partial charge in [0.1, 0.15) is 11.9 Å². The fourth-order valence-corrected chi connectivity index (χ4v) is 1.57. The molecule has 0 radical (unpaired) electrons. The van der Waals surface area contributed by atoms with Crippen LogP contribution in [-0.4, -0.2) is 18.0 Å². The summed E-state index contributed by atoms with van der Waals surface area (Å²) in [4.78, 5) is 11.8. The summed E-state index contributed by atoms with van der Waals surface area (Å²) in [5.74, 6) is -0.454. The number of hydrogen-bond donors (Lipinski definition) is 2. The Labute approximate surface area is 108 Å². The number of amides is 1. The molecule has 1 rings (SSSR count). The van der Waals surface area contributed by atoms with Gasteiger partial charge in [-0.3, -0.25) is 4.79 Å². The third kappa shape index (κ3) is 3.72. The average molecular weight is 252 g/mol. The van der Waals surface area contributed by atoms with Crippen LogP contribution in [0.5, 0.6) is 0 Å². The second-order valence-electron chi connectivity index (χ2n) is 4.62. The molecule has 0 spiro atoms. The van der Waals surface area contributed by atoms with E-state index in [9.17, 15) is 9.18 Å². The van der Waals surface area contributed by atoms with Crippen molar-refractivity contribution in [2.24, 2.45) is 0 Å². The first kappa shape index (κ1) is 14.5. The Balaban J connectivity index is 2.70. The Morgan fingerprint density at radius 3 is 2.61 bits per heavy atom. The SMILES string of the molecule is CCC(C)NC(=O)C(C)Nc1c(C)cccc1F. The van der Waals surface area contributed by atoms with Crippen LogP contribution in [0.1, 0.15) is 32.8 Å². The summed E-state index contributed by atoms with van der Waals surface area (Å²) in [6.07, 6.45) is 0.872. The zero-order valence-electron chi connectivity index (χ0n) is 11.4. The quantitative estimate of drug-likeness (QED) is 0.846. The fourth-order valence-electron chi connectivity index (χ4n) is 1.57. The van der Waals surface area contributed by atoms with Crippen LogP contribution in [0.25, 0.3) is 0 Å². The number of hydrogen-bond acceptors (Lipinski definition) is 2. The van der Waals surface area contributed by atoms with Crippen LogP contribution >= 0.6 is 0 Å². The smallest absolute Gasteiger partial charge is 0.242 e. The summed E-state index contributed by atoms with van der Waals surface area (Å²) in [6.45, 7) is 7.48. The van der Waals surface area contributed by atoms with Crippen LogP contribution in [-0.2, 0) is 4.79 Å². The Bertz CT molecular complexity index is 400. The highest BCUT2D eigenvalue weighted by molar-refractivity contribution is 5.84. The molecule has 0 heterocycles. The van der Waals surface area contributed by atoms with Gasteiger partial charge in [-0.15, -0.1) is 0 Å². The monoisotopic (exact) mass is 252 g/mol. The molecule has 0 aromatic heterocycles. The Kier molecular flexibility index (Phi) is 5.13. The molecule has 0 saturated heterocycles. The second kappa shape index (κ2) is 6.38. The largest absolute Gasteiger partial charge is 0.371 e. The van der Waals surface area contributed by atoms with Crippen molar-refractivity contribution in [3.8, 4) is 0 Å². The fraction of sp³-hybridized carbons (Fsp3) is 0.500. The molecule has 0 fully saturated rings. The van der Waals surface area contributed by atoms with E-state index in [4.69, 9.17) is 0 Å². The van der Waals surface area contributed by atoms with Gasteiger partial charge in [0.25, 0.3) is 0 Å². The lowest BCUT2D eigenvalue weighted by Gasteiger charge is -2.19. The highest BCUT2D eigenvalue weighted by Crippen LogP contribution is 2.19. The van der Waals surface area contributed by atoms with Gasteiger partial charge in [-0.1, -0.05) is 19.1 Å². The van der Waals surface area contributed by atoms with E-state index in [-0.39, 0.29) is 17.8 Å². The molecule has 1 aromatic carbocycles. The summed E-state index contributed by atoms with van der Waals surface area (Å²) >= 11 is 0. The van der Waals surface area contributed by atoms with Gasteiger partial charge in [-0.05, 0) is 38.8 Å². The predicted molar refractivity (Wildman–Crippen MR) is 72.1 cm³/mol. The van der Waals surface area contributed by atoms with Crippen LogP contribution in [0.2, 0.25) is 0 Å². The molecule has 0 aliphatic carbocycles. The predicted octanol–water partition coefficient (Wildman–Crippen LogP) is 2.85. The molecule has 18 heavy (non-hydrogen) atoms. The average Bonchev–Trinajstić information content (AvgIpc) is 2.33. The molecular formula is C14H21FN2O. The number of anilines is 1. The summed E-state index contributed by atoms with van der Waals surface area (Å²) in [7, 11) is 0. The van der Waals surface area contributed by atoms with Crippen molar-refractivity contribution in [2.75, 3.05) is 5.32 Å².